The smallest absolute Gasteiger partial charge is 0.214 e. The van der Waals surface area contributed by atoms with Crippen molar-refractivity contribution in [2.24, 2.45) is 5.92 Å². The minimum atomic E-state index is -3.56. The third kappa shape index (κ3) is 4.38. The molecule has 0 spiro atoms. The number of nitrogens with zero attached hydrogens (tertiary/aromatic N) is 4. The van der Waals surface area contributed by atoms with Crippen molar-refractivity contribution in [1.82, 2.24) is 24.9 Å². The van der Waals surface area contributed by atoms with Crippen molar-refractivity contribution in [3.05, 3.63) is 54.1 Å². The molecule has 8 heteroatoms. The van der Waals surface area contributed by atoms with E-state index in [-0.39, 0.29) is 4.90 Å². The fourth-order valence-electron chi connectivity index (χ4n) is 3.92. The van der Waals surface area contributed by atoms with E-state index in [1.54, 1.807) is 12.1 Å². The van der Waals surface area contributed by atoms with Crippen molar-refractivity contribution in [1.29, 1.82) is 0 Å². The van der Waals surface area contributed by atoms with Crippen LogP contribution in [-0.2, 0) is 16.4 Å². The first-order valence-corrected chi connectivity index (χ1v) is 11.5. The fraction of sp³-hybridized carbons (Fsp3) is 0.381. The quantitative estimate of drug-likeness (QED) is 0.672. The van der Waals surface area contributed by atoms with Gasteiger partial charge in [0.25, 0.3) is 0 Å². The van der Waals surface area contributed by atoms with Crippen LogP contribution in [0.5, 0.6) is 0 Å². The van der Waals surface area contributed by atoms with Crippen molar-refractivity contribution in [2.45, 2.75) is 43.4 Å². The number of hydrogen-bond donors (Lipinski definition) is 1. The number of sulfonamides is 1. The van der Waals surface area contributed by atoms with Crippen LogP contribution in [0.4, 0.5) is 0 Å². The highest BCUT2D eigenvalue weighted by Gasteiger charge is 2.21. The van der Waals surface area contributed by atoms with E-state index in [9.17, 15) is 8.42 Å². The molecule has 1 heterocycles. The van der Waals surface area contributed by atoms with E-state index in [1.165, 1.54) is 43.9 Å². The van der Waals surface area contributed by atoms with Crippen LogP contribution in [0, 0.1) is 5.92 Å². The van der Waals surface area contributed by atoms with E-state index in [1.807, 2.05) is 36.4 Å². The second-order valence-electron chi connectivity index (χ2n) is 7.47. The number of tetrazole rings is 1. The molecule has 1 aliphatic carbocycles. The van der Waals surface area contributed by atoms with Gasteiger partial charge in [-0.2, -0.15) is 0 Å². The van der Waals surface area contributed by atoms with Crippen molar-refractivity contribution in [3.8, 4) is 17.1 Å². The molecule has 152 valence electrons. The number of benzene rings is 2. The Kier molecular flexibility index (Phi) is 5.73. The Bertz CT molecular complexity index is 1070. The molecule has 1 aliphatic rings. The van der Waals surface area contributed by atoms with Crippen LogP contribution in [0.15, 0.2) is 53.4 Å². The summed E-state index contributed by atoms with van der Waals surface area (Å²) < 4.78 is 27.1. The zero-order valence-electron chi connectivity index (χ0n) is 16.5. The van der Waals surface area contributed by atoms with Gasteiger partial charge < -0.3 is 0 Å². The average Bonchev–Trinajstić information content (AvgIpc) is 3.25. The molecule has 0 amide bonds. The largest absolute Gasteiger partial charge is 0.240 e. The van der Waals surface area contributed by atoms with Gasteiger partial charge in [-0.15, -0.1) is 15.0 Å². The molecular weight excluding hydrogens is 386 g/mol. The second-order valence-corrected chi connectivity index (χ2v) is 9.36. The highest BCUT2D eigenvalue weighted by Crippen LogP contribution is 2.31. The summed E-state index contributed by atoms with van der Waals surface area (Å²) in [7, 11) is -2.15. The van der Waals surface area contributed by atoms with Gasteiger partial charge in [-0.05, 0) is 54.4 Å². The number of hydrogen-bond acceptors (Lipinski definition) is 5. The maximum atomic E-state index is 12.3. The molecular formula is C21H25N5O2S. The lowest BCUT2D eigenvalue weighted by molar-refractivity contribution is 0.357. The van der Waals surface area contributed by atoms with Crippen LogP contribution in [0.25, 0.3) is 17.1 Å². The minimum Gasteiger partial charge on any atom is -0.214 e. The number of para-hydroxylation sites is 1. The third-order valence-electron chi connectivity index (χ3n) is 5.54. The number of rotatable bonds is 6. The first-order valence-electron chi connectivity index (χ1n) is 9.99. The zero-order chi connectivity index (χ0) is 20.3. The molecule has 0 aliphatic heterocycles. The van der Waals surface area contributed by atoms with Crippen molar-refractivity contribution >= 4 is 10.0 Å². The lowest BCUT2D eigenvalue weighted by Gasteiger charge is -2.22. The van der Waals surface area contributed by atoms with Gasteiger partial charge in [0, 0.05) is 5.56 Å². The van der Waals surface area contributed by atoms with E-state index >= 15 is 0 Å². The Morgan fingerprint density at radius 1 is 1.07 bits per heavy atom. The fourth-order valence-corrected chi connectivity index (χ4v) is 4.68. The van der Waals surface area contributed by atoms with Gasteiger partial charge in [-0.1, -0.05) is 56.4 Å². The van der Waals surface area contributed by atoms with Crippen molar-refractivity contribution < 1.29 is 8.42 Å². The van der Waals surface area contributed by atoms with Crippen LogP contribution >= 0.6 is 0 Å². The third-order valence-corrected chi connectivity index (χ3v) is 6.95. The SMILES string of the molecule is CNS(=O)(=O)c1ccc(CC2CCCCC2)c(-c2nnn(-c3ccccc3)n2)c1. The van der Waals surface area contributed by atoms with Crippen LogP contribution in [0.3, 0.4) is 0 Å². The molecule has 7 nitrogen and oxygen atoms in total. The van der Waals surface area contributed by atoms with E-state index in [0.717, 1.165) is 23.2 Å². The molecule has 2 aromatic carbocycles. The van der Waals surface area contributed by atoms with Crippen molar-refractivity contribution in [3.63, 3.8) is 0 Å². The highest BCUT2D eigenvalue weighted by molar-refractivity contribution is 7.89. The summed E-state index contributed by atoms with van der Waals surface area (Å²) >= 11 is 0. The molecule has 1 saturated carbocycles. The van der Waals surface area contributed by atoms with Crippen LogP contribution < -0.4 is 4.72 Å². The van der Waals surface area contributed by atoms with Gasteiger partial charge in [0.2, 0.25) is 15.8 Å². The normalized spacial score (nSPS) is 15.5. The van der Waals surface area contributed by atoms with Crippen LogP contribution in [-0.4, -0.2) is 35.7 Å². The van der Waals surface area contributed by atoms with E-state index in [2.05, 4.69) is 20.1 Å². The summed E-state index contributed by atoms with van der Waals surface area (Å²) in [4.78, 5) is 1.68. The zero-order valence-corrected chi connectivity index (χ0v) is 17.3. The Morgan fingerprint density at radius 2 is 1.83 bits per heavy atom. The molecule has 1 fully saturated rings. The maximum Gasteiger partial charge on any atom is 0.240 e. The topological polar surface area (TPSA) is 89.8 Å². The summed E-state index contributed by atoms with van der Waals surface area (Å²) in [5, 5.41) is 12.9. The van der Waals surface area contributed by atoms with Gasteiger partial charge in [0.05, 0.1) is 10.6 Å². The molecule has 29 heavy (non-hydrogen) atoms. The molecule has 0 unspecified atom stereocenters. The van der Waals surface area contributed by atoms with Gasteiger partial charge in [-0.3, -0.25) is 0 Å². The summed E-state index contributed by atoms with van der Waals surface area (Å²) in [5.41, 5.74) is 2.60. The number of nitrogens with one attached hydrogen (secondary N) is 1. The lowest BCUT2D eigenvalue weighted by atomic mass is 9.84. The van der Waals surface area contributed by atoms with Gasteiger partial charge in [0.1, 0.15) is 0 Å². The first-order chi connectivity index (χ1) is 14.1. The molecule has 0 radical (unpaired) electrons. The van der Waals surface area contributed by atoms with E-state index in [4.69, 9.17) is 0 Å². The van der Waals surface area contributed by atoms with Gasteiger partial charge in [-0.25, -0.2) is 13.1 Å². The van der Waals surface area contributed by atoms with Gasteiger partial charge >= 0.3 is 0 Å². The molecule has 4 rings (SSSR count). The van der Waals surface area contributed by atoms with Crippen LogP contribution in [0.2, 0.25) is 0 Å². The lowest BCUT2D eigenvalue weighted by Crippen LogP contribution is -2.19. The molecule has 0 saturated heterocycles. The Morgan fingerprint density at radius 3 is 2.55 bits per heavy atom. The Labute approximate surface area is 171 Å². The summed E-state index contributed by atoms with van der Waals surface area (Å²) in [6.45, 7) is 0. The predicted octanol–water partition coefficient (Wildman–Crippen LogP) is 3.36. The molecule has 1 aromatic heterocycles. The molecule has 1 N–H and O–H groups in total. The van der Waals surface area contributed by atoms with Crippen molar-refractivity contribution in [2.75, 3.05) is 7.05 Å². The summed E-state index contributed by atoms with van der Waals surface area (Å²) in [6.07, 6.45) is 7.13. The summed E-state index contributed by atoms with van der Waals surface area (Å²) in [6, 6.07) is 14.8. The highest BCUT2D eigenvalue weighted by atomic mass is 32.2. The molecule has 3 aromatic rings. The van der Waals surface area contributed by atoms with E-state index < -0.39 is 10.0 Å². The first kappa shape index (κ1) is 19.7. The second kappa shape index (κ2) is 8.42. The molecule has 0 atom stereocenters. The van der Waals surface area contributed by atoms with Crippen LogP contribution in [0.1, 0.15) is 37.7 Å². The number of aromatic nitrogens is 4. The minimum absolute atomic E-state index is 0.207. The predicted molar refractivity (Wildman–Crippen MR) is 111 cm³/mol. The maximum absolute atomic E-state index is 12.3. The Hall–Kier alpha value is -2.58. The standard InChI is InChI=1S/C21H25N5O2S/c1-22-29(27,28)19-13-12-17(14-16-8-4-2-5-9-16)20(15-19)21-23-25-26(24-21)18-10-6-3-7-11-18/h3,6-7,10-13,15-16,22H,2,4-5,8-9,14H2,1H3. The molecule has 0 bridgehead atoms. The van der Waals surface area contributed by atoms with E-state index in [0.29, 0.717) is 11.7 Å². The summed E-state index contributed by atoms with van der Waals surface area (Å²) in [5.74, 6) is 1.05. The average molecular weight is 412 g/mol. The Balaban J connectivity index is 1.74. The van der Waals surface area contributed by atoms with Gasteiger partial charge in [0.15, 0.2) is 0 Å². The monoisotopic (exact) mass is 411 g/mol.